The predicted octanol–water partition coefficient (Wildman–Crippen LogP) is -1.88. The van der Waals surface area contributed by atoms with Crippen molar-refractivity contribution < 1.29 is 34.2 Å². The molecule has 0 radical (unpaired) electrons. The molecule has 0 aromatic heterocycles. The van der Waals surface area contributed by atoms with Crippen LogP contribution in [0, 0.1) is 5.92 Å². The molecule has 6 N–H and O–H groups in total. The minimum absolute atomic E-state index is 0.141. The first kappa shape index (κ1) is 22.4. The Morgan fingerprint density at radius 3 is 2.33 bits per heavy atom. The van der Waals surface area contributed by atoms with E-state index in [1.807, 2.05) is 0 Å². The van der Waals surface area contributed by atoms with E-state index < -0.39 is 60.8 Å². The molecule has 0 aliphatic carbocycles. The van der Waals surface area contributed by atoms with Gasteiger partial charge in [0.2, 0.25) is 17.7 Å². The lowest BCUT2D eigenvalue weighted by Gasteiger charge is -2.26. The third kappa shape index (κ3) is 6.51. The third-order valence-corrected chi connectivity index (χ3v) is 4.28. The molecule has 1 rings (SSSR count). The first-order chi connectivity index (χ1) is 12.5. The summed E-state index contributed by atoms with van der Waals surface area (Å²) in [4.78, 5) is 59.6. The molecule has 0 aromatic rings. The number of rotatable bonds is 9. The van der Waals surface area contributed by atoms with Gasteiger partial charge < -0.3 is 31.5 Å². The summed E-state index contributed by atoms with van der Waals surface area (Å²) in [5, 5.41) is 22.7. The molecule has 0 bridgehead atoms. The third-order valence-electron chi connectivity index (χ3n) is 4.28. The van der Waals surface area contributed by atoms with Crippen molar-refractivity contribution >= 4 is 29.7 Å². The minimum Gasteiger partial charge on any atom is -0.481 e. The van der Waals surface area contributed by atoms with E-state index >= 15 is 0 Å². The van der Waals surface area contributed by atoms with Crippen LogP contribution in [0.1, 0.15) is 33.1 Å². The van der Waals surface area contributed by atoms with Gasteiger partial charge in [0.25, 0.3) is 0 Å². The van der Waals surface area contributed by atoms with E-state index in [0.717, 1.165) is 4.90 Å². The van der Waals surface area contributed by atoms with Gasteiger partial charge in [-0.3, -0.25) is 19.2 Å². The van der Waals surface area contributed by atoms with Crippen molar-refractivity contribution in [1.29, 1.82) is 0 Å². The van der Waals surface area contributed by atoms with Crippen LogP contribution in [0.4, 0.5) is 0 Å². The highest BCUT2D eigenvalue weighted by Gasteiger charge is 2.38. The molecule has 11 heteroatoms. The van der Waals surface area contributed by atoms with Gasteiger partial charge in [0.15, 0.2) is 0 Å². The van der Waals surface area contributed by atoms with E-state index in [4.69, 9.17) is 15.9 Å². The second-order valence-corrected chi connectivity index (χ2v) is 6.73. The lowest BCUT2D eigenvalue weighted by molar-refractivity contribution is -0.150. The number of carboxylic acids is 2. The quantitative estimate of drug-likeness (QED) is 0.305. The standard InChI is InChI=1S/C16H26N4O7/c1-8(2)13(17)14(24)18-7-11(21)19-9(6-12(22)23)15(25)20-5-3-4-10(20)16(26)27/h8-10,13H,3-7,17H2,1-2H3,(H,18,24)(H,19,21)(H,22,23)(H,26,27). The fourth-order valence-corrected chi connectivity index (χ4v) is 2.70. The number of aliphatic carboxylic acids is 2. The maximum Gasteiger partial charge on any atom is 0.326 e. The van der Waals surface area contributed by atoms with E-state index in [2.05, 4.69) is 10.6 Å². The number of carboxylic acid groups (broad SMARTS) is 2. The fourth-order valence-electron chi connectivity index (χ4n) is 2.70. The number of carbonyl (C=O) groups excluding carboxylic acids is 3. The monoisotopic (exact) mass is 386 g/mol. The van der Waals surface area contributed by atoms with Crippen LogP contribution in [-0.2, 0) is 24.0 Å². The molecule has 0 saturated carbocycles. The highest BCUT2D eigenvalue weighted by molar-refractivity contribution is 5.94. The Bertz CT molecular complexity index is 608. The van der Waals surface area contributed by atoms with Crippen molar-refractivity contribution in [3.8, 4) is 0 Å². The van der Waals surface area contributed by atoms with E-state index in [1.54, 1.807) is 13.8 Å². The summed E-state index contributed by atoms with van der Waals surface area (Å²) in [6, 6.07) is -3.28. The summed E-state index contributed by atoms with van der Waals surface area (Å²) in [6.07, 6.45) is 0.0322. The Balaban J connectivity index is 2.72. The number of nitrogens with one attached hydrogen (secondary N) is 2. The molecule has 3 amide bonds. The molecule has 1 saturated heterocycles. The normalized spacial score (nSPS) is 18.7. The minimum atomic E-state index is -1.43. The Kier molecular flexibility index (Phi) is 8.16. The summed E-state index contributed by atoms with van der Waals surface area (Å²) >= 11 is 0. The smallest absolute Gasteiger partial charge is 0.326 e. The van der Waals surface area contributed by atoms with Gasteiger partial charge in [-0.1, -0.05) is 13.8 Å². The zero-order valence-electron chi connectivity index (χ0n) is 15.3. The van der Waals surface area contributed by atoms with Gasteiger partial charge in [-0.15, -0.1) is 0 Å². The molecule has 0 spiro atoms. The lowest BCUT2D eigenvalue weighted by atomic mass is 10.1. The average Bonchev–Trinajstić information content (AvgIpc) is 3.07. The number of likely N-dealkylation sites (tertiary alicyclic amines) is 1. The number of hydrogen-bond donors (Lipinski definition) is 5. The van der Waals surface area contributed by atoms with E-state index in [9.17, 15) is 24.0 Å². The van der Waals surface area contributed by atoms with Crippen molar-refractivity contribution in [2.24, 2.45) is 11.7 Å². The molecular weight excluding hydrogens is 360 g/mol. The van der Waals surface area contributed by atoms with Crippen LogP contribution in [0.5, 0.6) is 0 Å². The van der Waals surface area contributed by atoms with Crippen LogP contribution in [0.25, 0.3) is 0 Å². The zero-order valence-corrected chi connectivity index (χ0v) is 15.3. The summed E-state index contributed by atoms with van der Waals surface area (Å²) in [5.74, 6) is -4.75. The number of carbonyl (C=O) groups is 5. The molecule has 27 heavy (non-hydrogen) atoms. The van der Waals surface area contributed by atoms with Crippen LogP contribution in [0.15, 0.2) is 0 Å². The Morgan fingerprint density at radius 1 is 1.19 bits per heavy atom. The van der Waals surface area contributed by atoms with Crippen LogP contribution in [0.2, 0.25) is 0 Å². The Labute approximate surface area is 156 Å². The highest BCUT2D eigenvalue weighted by Crippen LogP contribution is 2.19. The highest BCUT2D eigenvalue weighted by atomic mass is 16.4. The SMILES string of the molecule is CC(C)C(N)C(=O)NCC(=O)NC(CC(=O)O)C(=O)N1CCCC1C(=O)O. The number of nitrogens with two attached hydrogens (primary N) is 1. The van der Waals surface area contributed by atoms with Crippen molar-refractivity contribution in [3.05, 3.63) is 0 Å². The molecule has 152 valence electrons. The van der Waals surface area contributed by atoms with Gasteiger partial charge in [-0.2, -0.15) is 0 Å². The topological polar surface area (TPSA) is 179 Å². The molecule has 1 fully saturated rings. The van der Waals surface area contributed by atoms with Gasteiger partial charge in [0.05, 0.1) is 19.0 Å². The lowest BCUT2D eigenvalue weighted by Crippen LogP contribution is -2.54. The molecule has 1 aliphatic rings. The largest absolute Gasteiger partial charge is 0.481 e. The number of hydrogen-bond acceptors (Lipinski definition) is 6. The maximum atomic E-state index is 12.5. The van der Waals surface area contributed by atoms with Gasteiger partial charge in [-0.25, -0.2) is 4.79 Å². The fraction of sp³-hybridized carbons (Fsp3) is 0.688. The second kappa shape index (κ2) is 9.86. The molecule has 11 nitrogen and oxygen atoms in total. The van der Waals surface area contributed by atoms with Crippen molar-refractivity contribution in [2.45, 2.75) is 51.2 Å². The summed E-state index contributed by atoms with van der Waals surface area (Å²) in [5.41, 5.74) is 5.65. The van der Waals surface area contributed by atoms with E-state index in [0.29, 0.717) is 6.42 Å². The molecule has 1 aliphatic heterocycles. The first-order valence-electron chi connectivity index (χ1n) is 8.62. The molecule has 1 heterocycles. The van der Waals surface area contributed by atoms with Crippen LogP contribution < -0.4 is 16.4 Å². The predicted molar refractivity (Wildman–Crippen MR) is 92.4 cm³/mol. The van der Waals surface area contributed by atoms with E-state index in [-0.39, 0.29) is 18.9 Å². The van der Waals surface area contributed by atoms with Crippen molar-refractivity contribution in [1.82, 2.24) is 15.5 Å². The first-order valence-corrected chi connectivity index (χ1v) is 8.62. The van der Waals surface area contributed by atoms with Crippen LogP contribution in [0.3, 0.4) is 0 Å². The Morgan fingerprint density at radius 2 is 1.81 bits per heavy atom. The second-order valence-electron chi connectivity index (χ2n) is 6.73. The zero-order chi connectivity index (χ0) is 20.7. The van der Waals surface area contributed by atoms with Gasteiger partial charge >= 0.3 is 11.9 Å². The number of amides is 3. The van der Waals surface area contributed by atoms with Crippen LogP contribution in [-0.4, -0.2) is 76.0 Å². The van der Waals surface area contributed by atoms with Gasteiger partial charge in [-0.05, 0) is 18.8 Å². The van der Waals surface area contributed by atoms with Crippen LogP contribution >= 0.6 is 0 Å². The molecule has 0 aromatic carbocycles. The van der Waals surface area contributed by atoms with Crippen molar-refractivity contribution in [3.63, 3.8) is 0 Å². The maximum absolute atomic E-state index is 12.5. The average molecular weight is 386 g/mol. The summed E-state index contributed by atoms with van der Waals surface area (Å²) < 4.78 is 0. The molecule has 3 unspecified atom stereocenters. The van der Waals surface area contributed by atoms with E-state index in [1.165, 1.54) is 0 Å². The summed E-state index contributed by atoms with van der Waals surface area (Å²) in [7, 11) is 0. The summed E-state index contributed by atoms with van der Waals surface area (Å²) in [6.45, 7) is 3.16. The van der Waals surface area contributed by atoms with Crippen molar-refractivity contribution in [2.75, 3.05) is 13.1 Å². The van der Waals surface area contributed by atoms with Gasteiger partial charge in [0.1, 0.15) is 12.1 Å². The molecular formula is C16H26N4O7. The Hall–Kier alpha value is -2.69. The number of nitrogens with zero attached hydrogens (tertiary/aromatic N) is 1. The molecule has 3 atom stereocenters. The van der Waals surface area contributed by atoms with Gasteiger partial charge in [0, 0.05) is 6.54 Å².